The Bertz CT molecular complexity index is 897. The number of nitrogens with two attached hydrogens (primary N) is 1. The summed E-state index contributed by atoms with van der Waals surface area (Å²) in [5.41, 5.74) is 7.82. The Morgan fingerprint density at radius 3 is 2.32 bits per heavy atom. The van der Waals surface area contributed by atoms with Gasteiger partial charge in [-0.2, -0.15) is 0 Å². The summed E-state index contributed by atoms with van der Waals surface area (Å²) in [6, 6.07) is 8.15. The van der Waals surface area contributed by atoms with Gasteiger partial charge in [-0.3, -0.25) is 15.0 Å². The van der Waals surface area contributed by atoms with E-state index in [0.717, 1.165) is 29.8 Å². The topological polar surface area (TPSA) is 140 Å². The molecule has 10 heteroatoms. The van der Waals surface area contributed by atoms with Crippen molar-refractivity contribution in [3.63, 3.8) is 0 Å². The van der Waals surface area contributed by atoms with E-state index in [1.54, 1.807) is 32.9 Å². The lowest BCUT2D eigenvalue weighted by Gasteiger charge is -2.63. The van der Waals surface area contributed by atoms with E-state index in [9.17, 15) is 19.2 Å². The highest BCUT2D eigenvalue weighted by atomic mass is 16.6. The van der Waals surface area contributed by atoms with Crippen molar-refractivity contribution in [3.05, 3.63) is 35.9 Å². The summed E-state index contributed by atoms with van der Waals surface area (Å²) in [6.45, 7) is 5.03. The Labute approximate surface area is 199 Å². The minimum atomic E-state index is -0.908. The van der Waals surface area contributed by atoms with E-state index in [0.29, 0.717) is 12.3 Å². The third kappa shape index (κ3) is 7.10. The molecule has 3 fully saturated rings. The molecule has 0 radical (unpaired) electrons. The molecule has 0 spiro atoms. The highest BCUT2D eigenvalue weighted by Crippen LogP contribution is 2.66. The van der Waals surface area contributed by atoms with Crippen LogP contribution in [0.15, 0.2) is 30.3 Å². The third-order valence-electron chi connectivity index (χ3n) is 6.06. The quantitative estimate of drug-likeness (QED) is 0.470. The molecule has 186 valence electrons. The van der Waals surface area contributed by atoms with Gasteiger partial charge in [-0.05, 0) is 63.4 Å². The zero-order valence-electron chi connectivity index (χ0n) is 20.0. The summed E-state index contributed by atoms with van der Waals surface area (Å²) >= 11 is 0. The Morgan fingerprint density at radius 1 is 1.15 bits per heavy atom. The average Bonchev–Trinajstić information content (AvgIpc) is 2.69. The molecule has 0 saturated heterocycles. The first-order chi connectivity index (χ1) is 15.9. The summed E-state index contributed by atoms with van der Waals surface area (Å²) in [4.78, 5) is 49.5. The Kier molecular flexibility index (Phi) is 7.68. The van der Waals surface area contributed by atoms with Crippen molar-refractivity contribution in [2.75, 3.05) is 6.54 Å². The molecule has 3 aliphatic carbocycles. The summed E-state index contributed by atoms with van der Waals surface area (Å²) in [5.74, 6) is -0.519. The summed E-state index contributed by atoms with van der Waals surface area (Å²) < 4.78 is 10.6. The van der Waals surface area contributed by atoms with Crippen LogP contribution in [-0.2, 0) is 25.7 Å². The van der Waals surface area contributed by atoms with Crippen molar-refractivity contribution in [2.45, 2.75) is 71.1 Å². The maximum absolute atomic E-state index is 13.2. The number of hydrogen-bond acceptors (Lipinski definition) is 6. The van der Waals surface area contributed by atoms with Gasteiger partial charge >= 0.3 is 12.2 Å². The van der Waals surface area contributed by atoms with Crippen LogP contribution in [0.5, 0.6) is 0 Å². The molecule has 2 bridgehead atoms. The van der Waals surface area contributed by atoms with Gasteiger partial charge in [0.2, 0.25) is 5.91 Å². The maximum atomic E-state index is 13.2. The largest absolute Gasteiger partial charge is 0.444 e. The van der Waals surface area contributed by atoms with Gasteiger partial charge in [-0.15, -0.1) is 0 Å². The van der Waals surface area contributed by atoms with Gasteiger partial charge in [0.05, 0.1) is 6.54 Å². The number of ether oxygens (including phenoxy) is 2. The van der Waals surface area contributed by atoms with Gasteiger partial charge in [-0.25, -0.2) is 14.6 Å². The van der Waals surface area contributed by atoms with E-state index in [1.165, 1.54) is 0 Å². The molecule has 34 heavy (non-hydrogen) atoms. The number of carbonyl (C=O) groups is 4. The summed E-state index contributed by atoms with van der Waals surface area (Å²) in [6.07, 6.45) is 1.80. The molecule has 0 heterocycles. The molecule has 10 nitrogen and oxygen atoms in total. The van der Waals surface area contributed by atoms with Gasteiger partial charge in [0.25, 0.3) is 5.91 Å². The van der Waals surface area contributed by atoms with Crippen molar-refractivity contribution < 1.29 is 28.7 Å². The van der Waals surface area contributed by atoms with Crippen molar-refractivity contribution in [3.8, 4) is 0 Å². The molecule has 1 aromatic carbocycles. The molecule has 1 aromatic rings. The van der Waals surface area contributed by atoms with E-state index >= 15 is 0 Å². The highest BCUT2D eigenvalue weighted by Gasteiger charge is 2.57. The van der Waals surface area contributed by atoms with Gasteiger partial charge in [-0.1, -0.05) is 30.3 Å². The number of primary amides is 1. The molecular formula is C24H34N4O6. The fourth-order valence-electron chi connectivity index (χ4n) is 4.42. The van der Waals surface area contributed by atoms with Crippen LogP contribution in [0, 0.1) is 11.3 Å². The Morgan fingerprint density at radius 2 is 1.79 bits per heavy atom. The average molecular weight is 475 g/mol. The van der Waals surface area contributed by atoms with Crippen molar-refractivity contribution >= 4 is 24.0 Å². The summed E-state index contributed by atoms with van der Waals surface area (Å²) in [7, 11) is 0. The highest BCUT2D eigenvalue weighted by molar-refractivity contribution is 5.87. The number of nitrogens with zero attached hydrogens (tertiary/aromatic N) is 1. The number of hydrazine groups is 1. The van der Waals surface area contributed by atoms with Crippen LogP contribution in [-0.4, -0.2) is 47.2 Å². The molecule has 0 unspecified atom stereocenters. The monoisotopic (exact) mass is 474 g/mol. The lowest BCUT2D eigenvalue weighted by Crippen LogP contribution is -2.60. The van der Waals surface area contributed by atoms with Crippen molar-refractivity contribution in [1.82, 2.24) is 15.8 Å². The zero-order chi connectivity index (χ0) is 24.9. The van der Waals surface area contributed by atoms with Crippen LogP contribution in [0.25, 0.3) is 0 Å². The first kappa shape index (κ1) is 25.3. The van der Waals surface area contributed by atoms with Gasteiger partial charge < -0.3 is 20.5 Å². The van der Waals surface area contributed by atoms with Gasteiger partial charge in [0, 0.05) is 6.42 Å². The van der Waals surface area contributed by atoms with Crippen LogP contribution < -0.4 is 16.5 Å². The third-order valence-corrected chi connectivity index (χ3v) is 6.06. The normalized spacial score (nSPS) is 21.2. The molecule has 1 atom stereocenters. The molecule has 0 aliphatic heterocycles. The molecule has 3 aliphatic rings. The van der Waals surface area contributed by atoms with E-state index in [-0.39, 0.29) is 25.0 Å². The number of hydrogen-bond donors (Lipinski definition) is 3. The zero-order valence-corrected chi connectivity index (χ0v) is 20.0. The van der Waals surface area contributed by atoms with E-state index < -0.39 is 35.6 Å². The van der Waals surface area contributed by atoms with Crippen molar-refractivity contribution in [1.29, 1.82) is 0 Å². The second kappa shape index (κ2) is 10.3. The van der Waals surface area contributed by atoms with Crippen LogP contribution >= 0.6 is 0 Å². The number of rotatable bonds is 9. The summed E-state index contributed by atoms with van der Waals surface area (Å²) in [5, 5.41) is 3.56. The fourth-order valence-corrected chi connectivity index (χ4v) is 4.42. The number of benzene rings is 1. The first-order valence-corrected chi connectivity index (χ1v) is 11.5. The lowest BCUT2D eigenvalue weighted by molar-refractivity contribution is -0.140. The Hall–Kier alpha value is -3.30. The molecule has 3 saturated carbocycles. The standard InChI is InChI=1S/C24H34N4O6/c1-23(2,3)34-21(31)26-18(14-24-11-17(12-24)13-24)20(30)27-28(10-9-19(25)29)22(32)33-15-16-7-5-4-6-8-16/h4-8,17-18H,9-15H2,1-3H3,(H2,25,29)(H,26,31)(H,27,30)/t17?,18-,24?/m0/s1. The van der Waals surface area contributed by atoms with Crippen LogP contribution in [0.1, 0.15) is 58.4 Å². The van der Waals surface area contributed by atoms with E-state index in [2.05, 4.69) is 10.7 Å². The molecule has 4 rings (SSSR count). The first-order valence-electron chi connectivity index (χ1n) is 11.5. The van der Waals surface area contributed by atoms with Gasteiger partial charge in [0.1, 0.15) is 18.2 Å². The smallest absolute Gasteiger partial charge is 0.429 e. The second-order valence-electron chi connectivity index (χ2n) is 10.3. The molecular weight excluding hydrogens is 440 g/mol. The molecule has 0 aromatic heterocycles. The molecule has 4 N–H and O–H groups in total. The minimum absolute atomic E-state index is 0.00724. The fraction of sp³-hybridized carbons (Fsp3) is 0.583. The number of carbonyl (C=O) groups excluding carboxylic acids is 4. The minimum Gasteiger partial charge on any atom is -0.444 e. The predicted molar refractivity (Wildman–Crippen MR) is 123 cm³/mol. The van der Waals surface area contributed by atoms with Crippen LogP contribution in [0.3, 0.4) is 0 Å². The van der Waals surface area contributed by atoms with Crippen LogP contribution in [0.2, 0.25) is 0 Å². The Balaban J connectivity index is 1.65. The second-order valence-corrected chi connectivity index (χ2v) is 10.3. The van der Waals surface area contributed by atoms with Gasteiger partial charge in [0.15, 0.2) is 0 Å². The molecule has 4 amide bonds. The van der Waals surface area contributed by atoms with E-state index in [4.69, 9.17) is 15.2 Å². The SMILES string of the molecule is CC(C)(C)OC(=O)N[C@@H](CC12CC(C1)C2)C(=O)NN(CCC(N)=O)C(=O)OCc1ccccc1. The van der Waals surface area contributed by atoms with Crippen molar-refractivity contribution in [2.24, 2.45) is 17.1 Å². The van der Waals surface area contributed by atoms with E-state index in [1.807, 2.05) is 18.2 Å². The van der Waals surface area contributed by atoms with Crippen LogP contribution in [0.4, 0.5) is 9.59 Å². The number of nitrogens with one attached hydrogen (secondary N) is 2. The lowest BCUT2D eigenvalue weighted by atomic mass is 9.43. The maximum Gasteiger partial charge on any atom is 0.429 e. The number of amides is 4. The predicted octanol–water partition coefficient (Wildman–Crippen LogP) is 2.62. The number of alkyl carbamates (subject to hydrolysis) is 1.